The van der Waals surface area contributed by atoms with Gasteiger partial charge in [-0.3, -0.25) is 14.8 Å². The Hall–Kier alpha value is -2.77. The minimum atomic E-state index is -0.705. The molecule has 1 aromatic carbocycles. The van der Waals surface area contributed by atoms with Gasteiger partial charge in [0, 0.05) is 18.5 Å². The van der Waals surface area contributed by atoms with E-state index >= 15 is 0 Å². The van der Waals surface area contributed by atoms with Crippen LogP contribution in [0.5, 0.6) is 0 Å². The number of H-pyrrole nitrogens is 1. The fourth-order valence-electron chi connectivity index (χ4n) is 4.06. The minimum Gasteiger partial charge on any atom is -0.389 e. The van der Waals surface area contributed by atoms with Crippen molar-refractivity contribution in [2.24, 2.45) is 0 Å². The number of nitrogens with zero attached hydrogens (tertiary/aromatic N) is 4. The second-order valence-electron chi connectivity index (χ2n) is 7.21. The summed E-state index contributed by atoms with van der Waals surface area (Å²) in [7, 11) is 3.95. The molecule has 1 aliphatic rings. The van der Waals surface area contributed by atoms with Crippen molar-refractivity contribution in [3.8, 4) is 0 Å². The number of aliphatic hydroxyl groups is 1. The number of aromatic amines is 1. The molecule has 7 heteroatoms. The van der Waals surface area contributed by atoms with Crippen LogP contribution in [0.15, 0.2) is 48.7 Å². The van der Waals surface area contributed by atoms with Crippen LogP contribution in [-0.4, -0.2) is 69.3 Å². The Morgan fingerprint density at radius 2 is 2.04 bits per heavy atom. The first-order valence-corrected chi connectivity index (χ1v) is 9.03. The largest absolute Gasteiger partial charge is 0.389 e. The van der Waals surface area contributed by atoms with Crippen LogP contribution in [0.3, 0.4) is 0 Å². The molecule has 1 aliphatic heterocycles. The van der Waals surface area contributed by atoms with Crippen LogP contribution < -0.4 is 0 Å². The van der Waals surface area contributed by atoms with Crippen LogP contribution in [-0.2, 0) is 5.54 Å². The fraction of sp³-hybridized carbons (Fsp3) is 0.350. The maximum atomic E-state index is 12.9. The average Bonchev–Trinajstić information content (AvgIpc) is 3.15. The molecular weight excluding hydrogens is 342 g/mol. The predicted octanol–water partition coefficient (Wildman–Crippen LogP) is 1.62. The molecule has 2 atom stereocenters. The van der Waals surface area contributed by atoms with Gasteiger partial charge in [0.15, 0.2) is 5.65 Å². The van der Waals surface area contributed by atoms with Crippen molar-refractivity contribution in [2.75, 3.05) is 27.2 Å². The third-order valence-electron chi connectivity index (χ3n) is 5.59. The van der Waals surface area contributed by atoms with Gasteiger partial charge >= 0.3 is 0 Å². The van der Waals surface area contributed by atoms with Gasteiger partial charge in [0.05, 0.1) is 17.8 Å². The van der Waals surface area contributed by atoms with E-state index in [4.69, 9.17) is 0 Å². The molecule has 4 rings (SSSR count). The quantitative estimate of drug-likeness (QED) is 0.737. The summed E-state index contributed by atoms with van der Waals surface area (Å²) >= 11 is 0. The van der Waals surface area contributed by atoms with Gasteiger partial charge < -0.3 is 10.0 Å². The van der Waals surface area contributed by atoms with Crippen LogP contribution in [0.1, 0.15) is 22.5 Å². The van der Waals surface area contributed by atoms with Crippen molar-refractivity contribution in [3.63, 3.8) is 0 Å². The summed E-state index contributed by atoms with van der Waals surface area (Å²) in [5.74, 6) is -0.175. The molecule has 3 aromatic rings. The topological polar surface area (TPSA) is 85.4 Å². The van der Waals surface area contributed by atoms with E-state index in [1.165, 1.54) is 0 Å². The number of carbonyl (C=O) groups excluding carboxylic acids is 1. The number of pyridine rings is 1. The highest BCUT2D eigenvalue weighted by Gasteiger charge is 2.46. The summed E-state index contributed by atoms with van der Waals surface area (Å²) in [6.45, 7) is 0.806. The molecule has 0 saturated carbocycles. The van der Waals surface area contributed by atoms with Crippen LogP contribution in [0.4, 0.5) is 0 Å². The van der Waals surface area contributed by atoms with E-state index in [0.29, 0.717) is 24.3 Å². The molecule has 1 fully saturated rings. The van der Waals surface area contributed by atoms with Gasteiger partial charge in [-0.05, 0) is 38.2 Å². The third-order valence-corrected chi connectivity index (χ3v) is 5.59. The number of aromatic nitrogens is 3. The zero-order valence-electron chi connectivity index (χ0n) is 15.5. The SMILES string of the molecule is CN(C)[C@]1(c2ccccc2)CCN(C(=O)c2ccc3cn[nH]c3n2)C[C@H]1O. The summed E-state index contributed by atoms with van der Waals surface area (Å²) in [5, 5.41) is 18.7. The second kappa shape index (κ2) is 6.75. The molecule has 3 heterocycles. The highest BCUT2D eigenvalue weighted by Crippen LogP contribution is 2.37. The lowest BCUT2D eigenvalue weighted by Crippen LogP contribution is -2.60. The highest BCUT2D eigenvalue weighted by molar-refractivity contribution is 5.94. The maximum absolute atomic E-state index is 12.9. The van der Waals surface area contributed by atoms with Gasteiger partial charge in [0.25, 0.3) is 5.91 Å². The van der Waals surface area contributed by atoms with E-state index in [9.17, 15) is 9.90 Å². The molecule has 1 amide bonds. The number of aliphatic hydroxyl groups excluding tert-OH is 1. The molecule has 140 valence electrons. The van der Waals surface area contributed by atoms with Crippen LogP contribution in [0, 0.1) is 0 Å². The third kappa shape index (κ3) is 2.89. The molecule has 2 N–H and O–H groups in total. The number of carbonyl (C=O) groups is 1. The molecular formula is C20H23N5O2. The Morgan fingerprint density at radius 3 is 2.74 bits per heavy atom. The Morgan fingerprint density at radius 1 is 1.26 bits per heavy atom. The van der Waals surface area contributed by atoms with E-state index in [2.05, 4.69) is 20.1 Å². The Bertz CT molecular complexity index is 955. The van der Waals surface area contributed by atoms with Crippen molar-refractivity contribution in [3.05, 3.63) is 59.9 Å². The zero-order chi connectivity index (χ0) is 19.0. The predicted molar refractivity (Wildman–Crippen MR) is 102 cm³/mol. The number of fused-ring (bicyclic) bond motifs is 1. The maximum Gasteiger partial charge on any atom is 0.272 e. The number of β-amino-alcohol motifs (C(OH)–C–C–N with tert-alkyl or cyclic N) is 1. The molecule has 27 heavy (non-hydrogen) atoms. The number of likely N-dealkylation sites (tertiary alicyclic amines) is 1. The van der Waals surface area contributed by atoms with Gasteiger partial charge in [0.2, 0.25) is 0 Å². The summed E-state index contributed by atoms with van der Waals surface area (Å²) in [5.41, 5.74) is 1.49. The van der Waals surface area contributed by atoms with Gasteiger partial charge in [-0.15, -0.1) is 0 Å². The molecule has 0 aliphatic carbocycles. The number of benzene rings is 1. The van der Waals surface area contributed by atoms with Crippen molar-refractivity contribution in [1.82, 2.24) is 25.0 Å². The Kier molecular flexibility index (Phi) is 4.41. The molecule has 0 unspecified atom stereocenters. The summed E-state index contributed by atoms with van der Waals surface area (Å²) in [6, 6.07) is 13.5. The number of rotatable bonds is 3. The summed E-state index contributed by atoms with van der Waals surface area (Å²) in [4.78, 5) is 21.0. The van der Waals surface area contributed by atoms with Gasteiger partial charge in [-0.25, -0.2) is 4.98 Å². The lowest BCUT2D eigenvalue weighted by molar-refractivity contribution is -0.0613. The number of hydrogen-bond donors (Lipinski definition) is 2. The summed E-state index contributed by atoms with van der Waals surface area (Å²) < 4.78 is 0. The molecule has 0 spiro atoms. The molecule has 0 radical (unpaired) electrons. The van der Waals surface area contributed by atoms with Crippen molar-refractivity contribution in [1.29, 1.82) is 0 Å². The van der Waals surface area contributed by atoms with E-state index in [0.717, 1.165) is 10.9 Å². The number of amides is 1. The van der Waals surface area contributed by atoms with Crippen molar-refractivity contribution < 1.29 is 9.90 Å². The first-order valence-electron chi connectivity index (χ1n) is 9.03. The van der Waals surface area contributed by atoms with Crippen LogP contribution in [0.25, 0.3) is 11.0 Å². The average molecular weight is 365 g/mol. The number of likely N-dealkylation sites (N-methyl/N-ethyl adjacent to an activating group) is 1. The Labute approximate surface area is 157 Å². The van der Waals surface area contributed by atoms with E-state index in [-0.39, 0.29) is 12.5 Å². The smallest absolute Gasteiger partial charge is 0.272 e. The van der Waals surface area contributed by atoms with E-state index < -0.39 is 11.6 Å². The van der Waals surface area contributed by atoms with Crippen molar-refractivity contribution >= 4 is 16.9 Å². The van der Waals surface area contributed by atoms with Crippen LogP contribution >= 0.6 is 0 Å². The minimum absolute atomic E-state index is 0.175. The normalized spacial score (nSPS) is 23.1. The monoisotopic (exact) mass is 365 g/mol. The van der Waals surface area contributed by atoms with Gasteiger partial charge in [-0.2, -0.15) is 5.10 Å². The van der Waals surface area contributed by atoms with Crippen molar-refractivity contribution in [2.45, 2.75) is 18.1 Å². The lowest BCUT2D eigenvalue weighted by atomic mass is 9.77. The number of nitrogens with one attached hydrogen (secondary N) is 1. The molecule has 1 saturated heterocycles. The Balaban J connectivity index is 1.59. The number of hydrogen-bond acceptors (Lipinski definition) is 5. The van der Waals surface area contributed by atoms with E-state index in [1.807, 2.05) is 50.5 Å². The van der Waals surface area contributed by atoms with Crippen LogP contribution in [0.2, 0.25) is 0 Å². The molecule has 7 nitrogen and oxygen atoms in total. The second-order valence-corrected chi connectivity index (χ2v) is 7.21. The summed E-state index contributed by atoms with van der Waals surface area (Å²) in [6.07, 6.45) is 1.61. The lowest BCUT2D eigenvalue weighted by Gasteiger charge is -2.49. The molecule has 0 bridgehead atoms. The first-order chi connectivity index (χ1) is 13.0. The van der Waals surface area contributed by atoms with E-state index in [1.54, 1.807) is 17.2 Å². The highest BCUT2D eigenvalue weighted by atomic mass is 16.3. The fourth-order valence-corrected chi connectivity index (χ4v) is 4.06. The molecule has 2 aromatic heterocycles. The van der Waals surface area contributed by atoms with Gasteiger partial charge in [0.1, 0.15) is 5.69 Å². The van der Waals surface area contributed by atoms with Gasteiger partial charge in [-0.1, -0.05) is 30.3 Å². The zero-order valence-corrected chi connectivity index (χ0v) is 15.5. The number of piperidine rings is 1. The first kappa shape index (κ1) is 17.6. The standard InChI is InChI=1S/C20H23N5O2/c1-24(2)20(15-6-4-3-5-7-15)10-11-25(13-17(20)26)19(27)16-9-8-14-12-21-23-18(14)22-16/h3-9,12,17,26H,10-11,13H2,1-2H3,(H,21,22,23)/t17-,20+/m1/s1.